The SMILES string of the molecule is O=C1C=CC(=O)N1.O=C1CC(Br)C(=O)N1. The Morgan fingerprint density at radius 3 is 1.73 bits per heavy atom. The number of hydrogen-bond donors (Lipinski definition) is 2. The van der Waals surface area contributed by atoms with E-state index >= 15 is 0 Å². The molecule has 2 aliphatic heterocycles. The van der Waals surface area contributed by atoms with Crippen molar-refractivity contribution in [1.29, 1.82) is 0 Å². The number of imide groups is 2. The topological polar surface area (TPSA) is 92.3 Å². The fourth-order valence-corrected chi connectivity index (χ4v) is 1.29. The maximum atomic E-state index is 10.4. The zero-order valence-corrected chi connectivity index (χ0v) is 9.04. The first-order valence-corrected chi connectivity index (χ1v) is 4.91. The molecule has 0 radical (unpaired) electrons. The van der Waals surface area contributed by atoms with Crippen LogP contribution >= 0.6 is 15.9 Å². The zero-order chi connectivity index (χ0) is 11.4. The first kappa shape index (κ1) is 11.6. The Morgan fingerprint density at radius 2 is 1.60 bits per heavy atom. The minimum atomic E-state index is -0.329. The fraction of sp³-hybridized carbons (Fsp3) is 0.250. The Bertz CT molecular complexity index is 348. The molecule has 0 aromatic carbocycles. The van der Waals surface area contributed by atoms with Crippen LogP contribution in [-0.4, -0.2) is 28.5 Å². The van der Waals surface area contributed by atoms with E-state index < -0.39 is 0 Å². The molecule has 2 heterocycles. The predicted molar refractivity (Wildman–Crippen MR) is 52.8 cm³/mol. The van der Waals surface area contributed by atoms with Gasteiger partial charge in [0.1, 0.15) is 4.83 Å². The van der Waals surface area contributed by atoms with Crippen molar-refractivity contribution in [2.45, 2.75) is 11.2 Å². The Kier molecular flexibility index (Phi) is 3.73. The highest BCUT2D eigenvalue weighted by Gasteiger charge is 2.27. The van der Waals surface area contributed by atoms with Crippen LogP contribution in [0.25, 0.3) is 0 Å². The van der Waals surface area contributed by atoms with Crippen molar-refractivity contribution in [3.8, 4) is 0 Å². The summed E-state index contributed by atoms with van der Waals surface area (Å²) in [5.41, 5.74) is 0. The number of rotatable bonds is 0. The Balaban J connectivity index is 0.000000151. The van der Waals surface area contributed by atoms with E-state index in [0.717, 1.165) is 0 Å². The van der Waals surface area contributed by atoms with Crippen LogP contribution < -0.4 is 10.6 Å². The number of carbonyl (C=O) groups excluding carboxylic acids is 4. The van der Waals surface area contributed by atoms with Crippen molar-refractivity contribution in [3.05, 3.63) is 12.2 Å². The third-order valence-corrected chi connectivity index (χ3v) is 2.28. The molecule has 1 unspecified atom stereocenters. The van der Waals surface area contributed by atoms with Gasteiger partial charge in [0.05, 0.1) is 0 Å². The lowest BCUT2D eigenvalue weighted by atomic mass is 10.4. The Labute approximate surface area is 93.2 Å². The molecule has 6 nitrogen and oxygen atoms in total. The highest BCUT2D eigenvalue weighted by molar-refractivity contribution is 9.10. The number of halogens is 1. The summed E-state index contributed by atoms with van der Waals surface area (Å²) in [5, 5.41) is 4.17. The summed E-state index contributed by atoms with van der Waals surface area (Å²) in [7, 11) is 0. The van der Waals surface area contributed by atoms with Gasteiger partial charge < -0.3 is 0 Å². The van der Waals surface area contributed by atoms with Crippen LogP contribution in [0.4, 0.5) is 0 Å². The molecule has 1 atom stereocenters. The van der Waals surface area contributed by atoms with Crippen molar-refractivity contribution >= 4 is 39.6 Å². The van der Waals surface area contributed by atoms with Gasteiger partial charge in [-0.05, 0) is 0 Å². The molecular formula is C8H7BrN2O4. The molecule has 2 N–H and O–H groups in total. The van der Waals surface area contributed by atoms with Gasteiger partial charge in [0.2, 0.25) is 11.8 Å². The van der Waals surface area contributed by atoms with E-state index in [1.165, 1.54) is 12.2 Å². The summed E-state index contributed by atoms with van der Waals surface area (Å²) in [6.45, 7) is 0. The maximum Gasteiger partial charge on any atom is 0.250 e. The molecule has 2 aliphatic rings. The van der Waals surface area contributed by atoms with E-state index in [0.29, 0.717) is 0 Å². The molecule has 7 heteroatoms. The Morgan fingerprint density at radius 1 is 1.07 bits per heavy atom. The van der Waals surface area contributed by atoms with Crippen molar-refractivity contribution in [1.82, 2.24) is 10.6 Å². The number of alkyl halides is 1. The van der Waals surface area contributed by atoms with Gasteiger partial charge in [0, 0.05) is 18.6 Å². The summed E-state index contributed by atoms with van der Waals surface area (Å²) in [5.74, 6) is -1.08. The van der Waals surface area contributed by atoms with Crippen LogP contribution in [0.15, 0.2) is 12.2 Å². The van der Waals surface area contributed by atoms with Gasteiger partial charge in [-0.25, -0.2) is 0 Å². The lowest BCUT2D eigenvalue weighted by Gasteiger charge is -1.86. The van der Waals surface area contributed by atoms with E-state index in [2.05, 4.69) is 21.2 Å². The number of hydrogen-bond acceptors (Lipinski definition) is 4. The second-order valence-corrected chi connectivity index (χ2v) is 3.88. The molecule has 15 heavy (non-hydrogen) atoms. The molecule has 0 aromatic heterocycles. The van der Waals surface area contributed by atoms with E-state index in [-0.39, 0.29) is 34.9 Å². The molecular weight excluding hydrogens is 268 g/mol. The van der Waals surface area contributed by atoms with Crippen LogP contribution in [0.3, 0.4) is 0 Å². The van der Waals surface area contributed by atoms with Gasteiger partial charge in [0.15, 0.2) is 0 Å². The highest BCUT2D eigenvalue weighted by Crippen LogP contribution is 2.10. The van der Waals surface area contributed by atoms with Crippen molar-refractivity contribution in [2.24, 2.45) is 0 Å². The lowest BCUT2D eigenvalue weighted by molar-refractivity contribution is -0.125. The lowest BCUT2D eigenvalue weighted by Crippen LogP contribution is -2.21. The molecule has 0 aromatic rings. The van der Waals surface area contributed by atoms with Crippen molar-refractivity contribution in [3.63, 3.8) is 0 Å². The van der Waals surface area contributed by atoms with Crippen LogP contribution in [0.1, 0.15) is 6.42 Å². The van der Waals surface area contributed by atoms with Gasteiger partial charge >= 0.3 is 0 Å². The van der Waals surface area contributed by atoms with Crippen LogP contribution in [-0.2, 0) is 19.2 Å². The van der Waals surface area contributed by atoms with Gasteiger partial charge in [-0.1, -0.05) is 15.9 Å². The molecule has 1 fully saturated rings. The summed E-state index contributed by atoms with van der Waals surface area (Å²) >= 11 is 3.01. The maximum absolute atomic E-state index is 10.4. The summed E-state index contributed by atoms with van der Waals surface area (Å²) in [6, 6.07) is 0. The molecule has 0 spiro atoms. The average Bonchev–Trinajstić information content (AvgIpc) is 2.61. The summed E-state index contributed by atoms with van der Waals surface area (Å²) < 4.78 is 0. The minimum absolute atomic E-state index is 0.197. The average molecular weight is 275 g/mol. The largest absolute Gasteiger partial charge is 0.295 e. The van der Waals surface area contributed by atoms with Crippen LogP contribution in [0, 0.1) is 0 Å². The first-order chi connectivity index (χ1) is 6.99. The monoisotopic (exact) mass is 274 g/mol. The van der Waals surface area contributed by atoms with Gasteiger partial charge in [-0.3, -0.25) is 29.8 Å². The van der Waals surface area contributed by atoms with E-state index in [4.69, 9.17) is 0 Å². The van der Waals surface area contributed by atoms with Crippen LogP contribution in [0.5, 0.6) is 0 Å². The molecule has 0 bridgehead atoms. The third-order valence-electron chi connectivity index (χ3n) is 1.54. The van der Waals surface area contributed by atoms with Crippen molar-refractivity contribution in [2.75, 3.05) is 0 Å². The summed E-state index contributed by atoms with van der Waals surface area (Å²) in [6.07, 6.45) is 2.67. The number of nitrogens with one attached hydrogen (secondary N) is 2. The van der Waals surface area contributed by atoms with E-state index in [1.54, 1.807) is 0 Å². The van der Waals surface area contributed by atoms with Gasteiger partial charge in [0.25, 0.3) is 11.8 Å². The molecule has 2 rings (SSSR count). The normalized spacial score (nSPS) is 23.4. The van der Waals surface area contributed by atoms with Crippen molar-refractivity contribution < 1.29 is 19.2 Å². The summed E-state index contributed by atoms with van der Waals surface area (Å²) in [4.78, 5) is 40.5. The second-order valence-electron chi connectivity index (χ2n) is 2.77. The molecule has 0 saturated carbocycles. The minimum Gasteiger partial charge on any atom is -0.295 e. The third kappa shape index (κ3) is 3.62. The van der Waals surface area contributed by atoms with E-state index in [1.807, 2.05) is 5.32 Å². The quantitative estimate of drug-likeness (QED) is 0.438. The highest BCUT2D eigenvalue weighted by atomic mass is 79.9. The molecule has 1 saturated heterocycles. The van der Waals surface area contributed by atoms with Gasteiger partial charge in [-0.15, -0.1) is 0 Å². The Hall–Kier alpha value is -1.50. The molecule has 80 valence electrons. The number of carbonyl (C=O) groups is 4. The predicted octanol–water partition coefficient (Wildman–Crippen LogP) is -1.00. The second kappa shape index (κ2) is 4.83. The smallest absolute Gasteiger partial charge is 0.250 e. The molecule has 4 amide bonds. The zero-order valence-electron chi connectivity index (χ0n) is 7.45. The number of amides is 4. The van der Waals surface area contributed by atoms with E-state index in [9.17, 15) is 19.2 Å². The standard InChI is InChI=1S/C4H4BrNO2.C4H3NO2/c5-2-1-3(7)6-4(2)8;6-3-1-2-4(7)5-3/h2H,1H2,(H,6,7,8);1-2H,(H,5,6,7). The first-order valence-electron chi connectivity index (χ1n) is 4.00. The fourth-order valence-electron chi connectivity index (χ4n) is 0.878. The van der Waals surface area contributed by atoms with Crippen LogP contribution in [0.2, 0.25) is 0 Å². The molecule has 0 aliphatic carbocycles. The van der Waals surface area contributed by atoms with Gasteiger partial charge in [-0.2, -0.15) is 0 Å².